The third-order valence-corrected chi connectivity index (χ3v) is 4.89. The first kappa shape index (κ1) is 22.0. The molecular weight excluding hydrogens is 523 g/mol. The molecule has 0 aliphatic carbocycles. The molecule has 2 unspecified atom stereocenters. The number of aliphatic imine (C=N–C) groups is 1. The molecule has 148 valence electrons. The highest BCUT2D eigenvalue weighted by molar-refractivity contribution is 14.0. The lowest BCUT2D eigenvalue weighted by Crippen LogP contribution is -2.44. The van der Waals surface area contributed by atoms with Crippen LogP contribution in [0, 0.1) is 0 Å². The van der Waals surface area contributed by atoms with Crippen molar-refractivity contribution >= 4 is 51.6 Å². The summed E-state index contributed by atoms with van der Waals surface area (Å²) < 4.78 is 6.31. The molecule has 1 aliphatic rings. The maximum absolute atomic E-state index is 10.1. The summed E-state index contributed by atoms with van der Waals surface area (Å²) in [5.41, 5.74) is 1.23. The number of rotatable bonds is 6. The Bertz CT molecular complexity index is 709. The zero-order valence-corrected chi connectivity index (χ0v) is 19.2. The van der Waals surface area contributed by atoms with Gasteiger partial charge in [-0.05, 0) is 49.7 Å². The van der Waals surface area contributed by atoms with Gasteiger partial charge in [0.1, 0.15) is 11.9 Å². The first-order valence-electron chi connectivity index (χ1n) is 8.92. The van der Waals surface area contributed by atoms with Gasteiger partial charge >= 0.3 is 0 Å². The van der Waals surface area contributed by atoms with E-state index in [1.54, 1.807) is 18.4 Å². The van der Waals surface area contributed by atoms with E-state index < -0.39 is 6.10 Å². The first-order valence-corrected chi connectivity index (χ1v) is 9.72. The maximum atomic E-state index is 10.1. The lowest BCUT2D eigenvalue weighted by molar-refractivity contribution is 0.158. The molecule has 2 heterocycles. The number of nitrogens with zero attached hydrogens (tertiary/aromatic N) is 2. The van der Waals surface area contributed by atoms with Gasteiger partial charge in [-0.1, -0.05) is 15.9 Å². The van der Waals surface area contributed by atoms with Crippen molar-refractivity contribution in [3.05, 3.63) is 52.9 Å². The molecule has 8 heteroatoms. The van der Waals surface area contributed by atoms with Gasteiger partial charge in [0.2, 0.25) is 0 Å². The average Bonchev–Trinajstić information content (AvgIpc) is 3.32. The number of benzene rings is 1. The Labute approximate surface area is 185 Å². The first-order chi connectivity index (χ1) is 12.7. The van der Waals surface area contributed by atoms with Crippen LogP contribution in [0.3, 0.4) is 0 Å². The molecule has 3 N–H and O–H groups in total. The van der Waals surface area contributed by atoms with Crippen molar-refractivity contribution in [3.63, 3.8) is 0 Å². The molecule has 2 aromatic rings. The van der Waals surface area contributed by atoms with E-state index >= 15 is 0 Å². The number of hydrogen-bond acceptors (Lipinski definition) is 4. The van der Waals surface area contributed by atoms with E-state index in [0.29, 0.717) is 11.8 Å². The zero-order chi connectivity index (χ0) is 18.4. The molecule has 0 bridgehead atoms. The molecule has 0 amide bonds. The van der Waals surface area contributed by atoms with Crippen molar-refractivity contribution in [1.82, 2.24) is 10.6 Å². The Morgan fingerprint density at radius 3 is 2.81 bits per heavy atom. The van der Waals surface area contributed by atoms with Gasteiger partial charge in [-0.25, -0.2) is 0 Å². The van der Waals surface area contributed by atoms with Crippen molar-refractivity contribution in [2.45, 2.75) is 25.5 Å². The minimum Gasteiger partial charge on any atom is -0.467 e. The van der Waals surface area contributed by atoms with Gasteiger partial charge in [0.15, 0.2) is 5.96 Å². The maximum Gasteiger partial charge on any atom is 0.191 e. The fourth-order valence-electron chi connectivity index (χ4n) is 3.03. The summed E-state index contributed by atoms with van der Waals surface area (Å²) in [5.74, 6) is 1.26. The number of nitrogens with one attached hydrogen (secondary N) is 2. The molecule has 1 saturated heterocycles. The summed E-state index contributed by atoms with van der Waals surface area (Å²) in [4.78, 5) is 6.87. The largest absolute Gasteiger partial charge is 0.467 e. The van der Waals surface area contributed by atoms with Gasteiger partial charge in [-0.2, -0.15) is 0 Å². The second-order valence-electron chi connectivity index (χ2n) is 6.30. The number of guanidine groups is 1. The van der Waals surface area contributed by atoms with Crippen LogP contribution < -0.4 is 15.5 Å². The van der Waals surface area contributed by atoms with E-state index in [-0.39, 0.29) is 30.5 Å². The van der Waals surface area contributed by atoms with Crippen LogP contribution in [0.15, 0.2) is 56.5 Å². The van der Waals surface area contributed by atoms with Crippen LogP contribution in [-0.2, 0) is 0 Å². The summed E-state index contributed by atoms with van der Waals surface area (Å²) in [5, 5.41) is 16.9. The molecule has 6 nitrogen and oxygen atoms in total. The summed E-state index contributed by atoms with van der Waals surface area (Å²) >= 11 is 3.48. The molecule has 27 heavy (non-hydrogen) atoms. The third-order valence-electron chi connectivity index (χ3n) is 4.36. The number of halogens is 2. The lowest BCUT2D eigenvalue weighted by atomic mass is 10.2. The fourth-order valence-corrected chi connectivity index (χ4v) is 3.29. The summed E-state index contributed by atoms with van der Waals surface area (Å²) in [6.45, 7) is 4.99. The van der Waals surface area contributed by atoms with E-state index in [4.69, 9.17) is 4.42 Å². The van der Waals surface area contributed by atoms with Crippen molar-refractivity contribution < 1.29 is 9.52 Å². The molecule has 1 aliphatic heterocycles. The average molecular weight is 549 g/mol. The minimum absolute atomic E-state index is 0. The van der Waals surface area contributed by atoms with Gasteiger partial charge in [0, 0.05) is 35.8 Å². The Morgan fingerprint density at radius 1 is 1.37 bits per heavy atom. The highest BCUT2D eigenvalue weighted by atomic mass is 127. The summed E-state index contributed by atoms with van der Waals surface area (Å²) in [7, 11) is 0. The number of aliphatic hydroxyl groups is 1. The molecule has 1 aromatic carbocycles. The Hall–Kier alpha value is -1.26. The van der Waals surface area contributed by atoms with Crippen LogP contribution in [0.4, 0.5) is 5.69 Å². The topological polar surface area (TPSA) is 73.0 Å². The SMILES string of the molecule is CCNC(=NCC(O)c1ccco1)NC1CCN(c2ccc(Br)cc2)C1.I. The molecule has 0 spiro atoms. The van der Waals surface area contributed by atoms with E-state index in [1.807, 2.05) is 6.92 Å². The third kappa shape index (κ3) is 6.39. The molecular formula is C19H26BrIN4O2. The number of furan rings is 1. The second-order valence-corrected chi connectivity index (χ2v) is 7.22. The number of anilines is 1. The van der Waals surface area contributed by atoms with Gasteiger partial charge in [0.05, 0.1) is 12.8 Å². The van der Waals surface area contributed by atoms with Gasteiger partial charge in [0.25, 0.3) is 0 Å². The van der Waals surface area contributed by atoms with Crippen LogP contribution in [0.1, 0.15) is 25.2 Å². The standard InChI is InChI=1S/C19H25BrN4O2.HI/c1-2-21-19(22-12-17(25)18-4-3-11-26-18)23-15-9-10-24(13-15)16-7-5-14(20)6-8-16;/h3-8,11,15,17,25H,2,9-10,12-13H2,1H3,(H2,21,22,23);1H. The number of aliphatic hydroxyl groups excluding tert-OH is 1. The normalized spacial score (nSPS) is 18.1. The van der Waals surface area contributed by atoms with Gasteiger partial charge in [-0.15, -0.1) is 24.0 Å². The Balaban J connectivity index is 0.00000261. The minimum atomic E-state index is -0.733. The highest BCUT2D eigenvalue weighted by Gasteiger charge is 2.23. The summed E-state index contributed by atoms with van der Waals surface area (Å²) in [6, 6.07) is 12.2. The van der Waals surface area contributed by atoms with E-state index in [2.05, 4.69) is 60.7 Å². The number of hydrogen-bond donors (Lipinski definition) is 3. The molecule has 1 fully saturated rings. The van der Waals surface area contributed by atoms with Gasteiger partial charge < -0.3 is 25.1 Å². The van der Waals surface area contributed by atoms with Crippen LogP contribution in [0.25, 0.3) is 0 Å². The molecule has 2 atom stereocenters. The van der Waals surface area contributed by atoms with Crippen molar-refractivity contribution in [2.24, 2.45) is 4.99 Å². The fraction of sp³-hybridized carbons (Fsp3) is 0.421. The quantitative estimate of drug-likeness (QED) is 0.293. The van der Waals surface area contributed by atoms with Crippen molar-refractivity contribution in [2.75, 3.05) is 31.1 Å². The predicted molar refractivity (Wildman–Crippen MR) is 123 cm³/mol. The molecule has 0 radical (unpaired) electrons. The van der Waals surface area contributed by atoms with Gasteiger partial charge in [-0.3, -0.25) is 4.99 Å². The highest BCUT2D eigenvalue weighted by Crippen LogP contribution is 2.22. The van der Waals surface area contributed by atoms with Crippen molar-refractivity contribution in [1.29, 1.82) is 0 Å². The second kappa shape index (κ2) is 10.9. The van der Waals surface area contributed by atoms with E-state index in [1.165, 1.54) is 5.69 Å². The molecule has 3 rings (SSSR count). The van der Waals surface area contributed by atoms with Crippen LogP contribution in [-0.4, -0.2) is 43.3 Å². The molecule has 0 saturated carbocycles. The Morgan fingerprint density at radius 2 is 2.15 bits per heavy atom. The summed E-state index contributed by atoms with van der Waals surface area (Å²) in [6.07, 6.45) is 1.87. The smallest absolute Gasteiger partial charge is 0.191 e. The monoisotopic (exact) mass is 548 g/mol. The zero-order valence-electron chi connectivity index (χ0n) is 15.3. The van der Waals surface area contributed by atoms with E-state index in [0.717, 1.165) is 36.5 Å². The molecule has 1 aromatic heterocycles. The van der Waals surface area contributed by atoms with Crippen molar-refractivity contribution in [3.8, 4) is 0 Å². The Kier molecular flexibility index (Phi) is 8.91. The van der Waals surface area contributed by atoms with Crippen LogP contribution in [0.5, 0.6) is 0 Å². The predicted octanol–water partition coefficient (Wildman–Crippen LogP) is 3.53. The van der Waals surface area contributed by atoms with E-state index in [9.17, 15) is 5.11 Å². The van der Waals surface area contributed by atoms with Crippen LogP contribution >= 0.6 is 39.9 Å². The lowest BCUT2D eigenvalue weighted by Gasteiger charge is -2.20. The van der Waals surface area contributed by atoms with Crippen LogP contribution in [0.2, 0.25) is 0 Å².